The van der Waals surface area contributed by atoms with Crippen LogP contribution in [0.25, 0.3) is 6.08 Å². The van der Waals surface area contributed by atoms with E-state index in [0.717, 1.165) is 4.47 Å². The van der Waals surface area contributed by atoms with Gasteiger partial charge in [-0.2, -0.15) is 0 Å². The van der Waals surface area contributed by atoms with Crippen LogP contribution >= 0.6 is 27.5 Å². The molecule has 0 aliphatic heterocycles. The number of ether oxygens (including phenoxy) is 2. The van der Waals surface area contributed by atoms with E-state index in [1.807, 2.05) is 12.1 Å². The van der Waals surface area contributed by atoms with Gasteiger partial charge in [0.1, 0.15) is 29.6 Å². The third kappa shape index (κ3) is 5.02. The van der Waals surface area contributed by atoms with Gasteiger partial charge in [-0.3, -0.25) is 4.79 Å². The summed E-state index contributed by atoms with van der Waals surface area (Å²) in [4.78, 5) is 12.3. The van der Waals surface area contributed by atoms with E-state index >= 15 is 0 Å². The summed E-state index contributed by atoms with van der Waals surface area (Å²) < 4.78 is 17.4. The van der Waals surface area contributed by atoms with E-state index in [-0.39, 0.29) is 12.4 Å². The van der Waals surface area contributed by atoms with Gasteiger partial charge in [-0.1, -0.05) is 39.7 Å². The lowest BCUT2D eigenvalue weighted by Crippen LogP contribution is -1.98. The maximum atomic E-state index is 12.3. The summed E-state index contributed by atoms with van der Waals surface area (Å²) in [5.74, 6) is 2.12. The maximum Gasteiger partial charge on any atom is 0.189 e. The number of allylic oxidation sites excluding steroid dienone is 1. The molecule has 0 aliphatic rings. The van der Waals surface area contributed by atoms with Crippen LogP contribution in [0.5, 0.6) is 11.5 Å². The standard InChI is InChI=1S/C21H16BrClO4/c1-25-20-5-3-2-4-17(20)19(24)10-9-15-7-8-16(27-15)13-26-21-11-6-14(22)12-18(21)23/h2-12H,13H2,1H3/b10-9+. The van der Waals surface area contributed by atoms with E-state index < -0.39 is 0 Å². The van der Waals surface area contributed by atoms with E-state index in [4.69, 9.17) is 25.5 Å². The van der Waals surface area contributed by atoms with Crippen molar-refractivity contribution in [2.24, 2.45) is 0 Å². The molecule has 3 aromatic rings. The van der Waals surface area contributed by atoms with Crippen LogP contribution in [0.3, 0.4) is 0 Å². The van der Waals surface area contributed by atoms with Crippen LogP contribution in [0.1, 0.15) is 21.9 Å². The van der Waals surface area contributed by atoms with E-state index in [1.165, 1.54) is 13.2 Å². The number of furan rings is 1. The molecule has 0 amide bonds. The highest BCUT2D eigenvalue weighted by molar-refractivity contribution is 9.10. The van der Waals surface area contributed by atoms with Crippen molar-refractivity contribution < 1.29 is 18.7 Å². The lowest BCUT2D eigenvalue weighted by atomic mass is 10.1. The first-order valence-electron chi connectivity index (χ1n) is 8.09. The fourth-order valence-electron chi connectivity index (χ4n) is 2.40. The first-order chi connectivity index (χ1) is 13.1. The highest BCUT2D eigenvalue weighted by Gasteiger charge is 2.09. The van der Waals surface area contributed by atoms with E-state index in [0.29, 0.717) is 33.6 Å². The van der Waals surface area contributed by atoms with Gasteiger partial charge in [-0.25, -0.2) is 0 Å². The van der Waals surface area contributed by atoms with Crippen LogP contribution in [0.15, 0.2) is 69.6 Å². The molecule has 6 heteroatoms. The lowest BCUT2D eigenvalue weighted by Gasteiger charge is -2.06. The minimum absolute atomic E-state index is 0.164. The Morgan fingerprint density at radius 2 is 1.96 bits per heavy atom. The first-order valence-corrected chi connectivity index (χ1v) is 9.26. The molecule has 1 aromatic heterocycles. The molecule has 1 heterocycles. The first kappa shape index (κ1) is 19.3. The topological polar surface area (TPSA) is 48.7 Å². The summed E-state index contributed by atoms with van der Waals surface area (Å²) in [5, 5.41) is 0.512. The molecule has 0 bridgehead atoms. The predicted molar refractivity (Wildman–Crippen MR) is 109 cm³/mol. The van der Waals surface area contributed by atoms with Crippen molar-refractivity contribution in [1.29, 1.82) is 0 Å². The van der Waals surface area contributed by atoms with Crippen molar-refractivity contribution in [2.45, 2.75) is 6.61 Å². The van der Waals surface area contributed by atoms with Crippen LogP contribution in [0.4, 0.5) is 0 Å². The largest absolute Gasteiger partial charge is 0.496 e. The fourth-order valence-corrected chi connectivity index (χ4v) is 3.13. The van der Waals surface area contributed by atoms with Crippen molar-refractivity contribution in [3.8, 4) is 11.5 Å². The van der Waals surface area contributed by atoms with Crippen molar-refractivity contribution in [2.75, 3.05) is 7.11 Å². The van der Waals surface area contributed by atoms with E-state index in [1.54, 1.807) is 48.5 Å². The Morgan fingerprint density at radius 3 is 2.74 bits per heavy atom. The summed E-state index contributed by atoms with van der Waals surface area (Å²) in [7, 11) is 1.53. The Balaban J connectivity index is 1.63. The predicted octanol–water partition coefficient (Wildman–Crippen LogP) is 6.18. The Morgan fingerprint density at radius 1 is 1.15 bits per heavy atom. The molecule has 3 rings (SSSR count). The van der Waals surface area contributed by atoms with Gasteiger partial charge in [-0.15, -0.1) is 0 Å². The number of benzene rings is 2. The minimum atomic E-state index is -0.164. The van der Waals surface area contributed by atoms with Gasteiger partial charge < -0.3 is 13.9 Å². The Bertz CT molecular complexity index is 978. The van der Waals surface area contributed by atoms with Crippen molar-refractivity contribution in [1.82, 2.24) is 0 Å². The Hall–Kier alpha value is -2.50. The number of para-hydroxylation sites is 1. The zero-order valence-electron chi connectivity index (χ0n) is 14.4. The smallest absolute Gasteiger partial charge is 0.189 e. The summed E-state index contributed by atoms with van der Waals surface area (Å²) in [6.07, 6.45) is 3.07. The molecule has 0 spiro atoms. The lowest BCUT2D eigenvalue weighted by molar-refractivity contribution is 0.104. The van der Waals surface area contributed by atoms with Crippen LogP contribution in [-0.4, -0.2) is 12.9 Å². The quantitative estimate of drug-likeness (QED) is 0.320. The summed E-state index contributed by atoms with van der Waals surface area (Å²) >= 11 is 9.47. The molecule has 138 valence electrons. The molecular weight excluding hydrogens is 432 g/mol. The number of ketones is 1. The zero-order valence-corrected chi connectivity index (χ0v) is 16.8. The summed E-state index contributed by atoms with van der Waals surface area (Å²) in [6, 6.07) is 16.0. The fraction of sp³-hybridized carbons (Fsp3) is 0.0952. The van der Waals surface area contributed by atoms with Gasteiger partial charge in [0, 0.05) is 4.47 Å². The average molecular weight is 448 g/mol. The van der Waals surface area contributed by atoms with Crippen molar-refractivity contribution >= 4 is 39.4 Å². The van der Waals surface area contributed by atoms with Gasteiger partial charge in [-0.05, 0) is 54.6 Å². The van der Waals surface area contributed by atoms with Gasteiger partial charge in [0.2, 0.25) is 0 Å². The summed E-state index contributed by atoms with van der Waals surface area (Å²) in [5.41, 5.74) is 0.497. The number of methoxy groups -OCH3 is 1. The monoisotopic (exact) mass is 446 g/mol. The highest BCUT2D eigenvalue weighted by Crippen LogP contribution is 2.28. The molecule has 0 fully saturated rings. The van der Waals surface area contributed by atoms with E-state index in [9.17, 15) is 4.79 Å². The molecule has 0 saturated heterocycles. The molecule has 0 N–H and O–H groups in total. The van der Waals surface area contributed by atoms with E-state index in [2.05, 4.69) is 15.9 Å². The van der Waals surface area contributed by atoms with Gasteiger partial charge >= 0.3 is 0 Å². The van der Waals surface area contributed by atoms with Crippen LogP contribution in [0, 0.1) is 0 Å². The molecule has 0 saturated carbocycles. The zero-order chi connectivity index (χ0) is 19.2. The van der Waals surface area contributed by atoms with Gasteiger partial charge in [0.25, 0.3) is 0 Å². The third-order valence-electron chi connectivity index (χ3n) is 3.72. The van der Waals surface area contributed by atoms with Crippen molar-refractivity contribution in [3.63, 3.8) is 0 Å². The number of halogens is 2. The molecule has 0 unspecified atom stereocenters. The number of rotatable bonds is 7. The molecule has 27 heavy (non-hydrogen) atoms. The SMILES string of the molecule is COc1ccccc1C(=O)/C=C/c1ccc(COc2ccc(Br)cc2Cl)o1. The van der Waals surface area contributed by atoms with Gasteiger partial charge in [0.15, 0.2) is 5.78 Å². The number of carbonyl (C=O) groups is 1. The molecular formula is C21H16BrClO4. The van der Waals surface area contributed by atoms with Crippen LogP contribution < -0.4 is 9.47 Å². The minimum Gasteiger partial charge on any atom is -0.496 e. The molecule has 0 radical (unpaired) electrons. The molecule has 2 aromatic carbocycles. The summed E-state index contributed by atoms with van der Waals surface area (Å²) in [6.45, 7) is 0.232. The number of hydrogen-bond donors (Lipinski definition) is 0. The molecule has 4 nitrogen and oxygen atoms in total. The second-order valence-electron chi connectivity index (χ2n) is 5.57. The third-order valence-corrected chi connectivity index (χ3v) is 4.51. The Labute approximate surface area is 170 Å². The number of hydrogen-bond acceptors (Lipinski definition) is 4. The Kier molecular flexibility index (Phi) is 6.37. The second-order valence-corrected chi connectivity index (χ2v) is 6.89. The molecule has 0 aliphatic carbocycles. The number of carbonyl (C=O) groups excluding carboxylic acids is 1. The highest BCUT2D eigenvalue weighted by atomic mass is 79.9. The average Bonchev–Trinajstić information content (AvgIpc) is 3.13. The van der Waals surface area contributed by atoms with Crippen molar-refractivity contribution in [3.05, 3.63) is 87.3 Å². The molecule has 0 atom stereocenters. The maximum absolute atomic E-state index is 12.3. The van der Waals surface area contributed by atoms with Crippen LogP contribution in [0.2, 0.25) is 5.02 Å². The normalized spacial score (nSPS) is 10.9. The second kappa shape index (κ2) is 8.93. The van der Waals surface area contributed by atoms with Crippen LogP contribution in [-0.2, 0) is 6.61 Å². The van der Waals surface area contributed by atoms with Gasteiger partial charge in [0.05, 0.1) is 17.7 Å².